The summed E-state index contributed by atoms with van der Waals surface area (Å²) in [5.74, 6) is 0.849. The zero-order chi connectivity index (χ0) is 14.9. The van der Waals surface area contributed by atoms with Gasteiger partial charge in [0.15, 0.2) is 5.96 Å². The van der Waals surface area contributed by atoms with Crippen LogP contribution in [0.4, 0.5) is 0 Å². The van der Waals surface area contributed by atoms with Crippen LogP contribution < -0.4 is 10.6 Å². The summed E-state index contributed by atoms with van der Waals surface area (Å²) in [6, 6.07) is 6.32. The summed E-state index contributed by atoms with van der Waals surface area (Å²) in [7, 11) is 1.80. The number of aromatic nitrogens is 2. The highest BCUT2D eigenvalue weighted by Gasteiger charge is 2.01. The average molecular weight is 305 g/mol. The van der Waals surface area contributed by atoms with E-state index in [1.807, 2.05) is 28.3 Å². The Balaban J connectivity index is 1.66. The number of nitrogens with one attached hydrogen (secondary N) is 2. The third kappa shape index (κ3) is 5.23. The second-order valence-corrected chi connectivity index (χ2v) is 5.95. The van der Waals surface area contributed by atoms with Gasteiger partial charge in [0.2, 0.25) is 0 Å². The fourth-order valence-electron chi connectivity index (χ4n) is 1.98. The molecule has 0 saturated heterocycles. The number of aliphatic imine (C=N–C) groups is 1. The van der Waals surface area contributed by atoms with Crippen molar-refractivity contribution in [1.29, 1.82) is 0 Å². The molecule has 0 saturated carbocycles. The Morgan fingerprint density at radius 1 is 1.33 bits per heavy atom. The fraction of sp³-hybridized carbons (Fsp3) is 0.467. The molecule has 2 aromatic heterocycles. The summed E-state index contributed by atoms with van der Waals surface area (Å²) in [6.45, 7) is 4.80. The quantitative estimate of drug-likeness (QED) is 0.469. The van der Waals surface area contributed by atoms with Crippen LogP contribution >= 0.6 is 11.3 Å². The molecule has 21 heavy (non-hydrogen) atoms. The molecule has 2 N–H and O–H groups in total. The molecular formula is C15H23N5S. The van der Waals surface area contributed by atoms with Crippen molar-refractivity contribution in [2.75, 3.05) is 13.6 Å². The Morgan fingerprint density at radius 2 is 2.19 bits per heavy atom. The molecule has 0 unspecified atom stereocenters. The predicted octanol–water partition coefficient (Wildman–Crippen LogP) is 2.26. The molecule has 0 fully saturated rings. The van der Waals surface area contributed by atoms with Crippen LogP contribution in [0.1, 0.15) is 23.1 Å². The van der Waals surface area contributed by atoms with E-state index in [9.17, 15) is 0 Å². The normalized spacial score (nSPS) is 11.6. The molecule has 0 aromatic carbocycles. The number of nitrogens with zero attached hydrogens (tertiary/aromatic N) is 3. The monoisotopic (exact) mass is 305 g/mol. The molecule has 0 atom stereocenters. The Hall–Kier alpha value is -1.82. The van der Waals surface area contributed by atoms with Crippen LogP contribution in [0.3, 0.4) is 0 Å². The number of aryl methyl sites for hydroxylation is 2. The molecule has 2 aromatic rings. The van der Waals surface area contributed by atoms with Gasteiger partial charge in [-0.05, 0) is 31.0 Å². The van der Waals surface area contributed by atoms with Crippen molar-refractivity contribution in [2.24, 2.45) is 4.99 Å². The van der Waals surface area contributed by atoms with Crippen LogP contribution in [-0.4, -0.2) is 29.3 Å². The van der Waals surface area contributed by atoms with Gasteiger partial charge in [0, 0.05) is 42.3 Å². The summed E-state index contributed by atoms with van der Waals surface area (Å²) >= 11 is 1.86. The first kappa shape index (κ1) is 15.6. The van der Waals surface area contributed by atoms with Gasteiger partial charge >= 0.3 is 0 Å². The van der Waals surface area contributed by atoms with E-state index in [0.29, 0.717) is 0 Å². The third-order valence-corrected chi connectivity index (χ3v) is 4.36. The van der Waals surface area contributed by atoms with Gasteiger partial charge in [-0.1, -0.05) is 6.92 Å². The molecule has 0 aliphatic carbocycles. The zero-order valence-corrected chi connectivity index (χ0v) is 13.5. The van der Waals surface area contributed by atoms with Gasteiger partial charge in [-0.2, -0.15) is 5.10 Å². The number of guanidine groups is 1. The number of hydrogen-bond acceptors (Lipinski definition) is 3. The van der Waals surface area contributed by atoms with Crippen molar-refractivity contribution < 1.29 is 0 Å². The van der Waals surface area contributed by atoms with Crippen molar-refractivity contribution in [3.05, 3.63) is 40.3 Å². The summed E-state index contributed by atoms with van der Waals surface area (Å²) < 4.78 is 1.94. The van der Waals surface area contributed by atoms with E-state index in [4.69, 9.17) is 0 Å². The molecule has 0 aliphatic heterocycles. The van der Waals surface area contributed by atoms with Gasteiger partial charge in [0.1, 0.15) is 0 Å². The summed E-state index contributed by atoms with van der Waals surface area (Å²) in [5, 5.41) is 10.9. The fourth-order valence-corrected chi connectivity index (χ4v) is 2.88. The largest absolute Gasteiger partial charge is 0.356 e. The predicted molar refractivity (Wildman–Crippen MR) is 88.7 cm³/mol. The van der Waals surface area contributed by atoms with Crippen LogP contribution in [0.5, 0.6) is 0 Å². The van der Waals surface area contributed by atoms with Crippen LogP contribution in [0.15, 0.2) is 35.6 Å². The van der Waals surface area contributed by atoms with Gasteiger partial charge in [-0.3, -0.25) is 9.67 Å². The van der Waals surface area contributed by atoms with E-state index in [2.05, 4.69) is 39.8 Å². The number of rotatable bonds is 7. The molecule has 2 heterocycles. The SMILES string of the molecule is CCc1ccc(CNC(=NC)NCCCn2cccn2)s1. The van der Waals surface area contributed by atoms with Gasteiger partial charge in [-0.25, -0.2) is 0 Å². The zero-order valence-electron chi connectivity index (χ0n) is 12.7. The molecule has 0 amide bonds. The van der Waals surface area contributed by atoms with E-state index >= 15 is 0 Å². The molecule has 0 radical (unpaired) electrons. The van der Waals surface area contributed by atoms with Crippen molar-refractivity contribution in [3.8, 4) is 0 Å². The Morgan fingerprint density at radius 3 is 2.86 bits per heavy atom. The van der Waals surface area contributed by atoms with Gasteiger partial charge in [0.05, 0.1) is 6.54 Å². The minimum atomic E-state index is 0.823. The van der Waals surface area contributed by atoms with Crippen LogP contribution in [0, 0.1) is 0 Å². The van der Waals surface area contributed by atoms with Crippen molar-refractivity contribution in [1.82, 2.24) is 20.4 Å². The van der Waals surface area contributed by atoms with Crippen LogP contribution in [-0.2, 0) is 19.5 Å². The van der Waals surface area contributed by atoms with E-state index in [1.54, 1.807) is 13.2 Å². The number of thiophene rings is 1. The number of hydrogen-bond donors (Lipinski definition) is 2. The maximum Gasteiger partial charge on any atom is 0.191 e. The molecule has 0 bridgehead atoms. The third-order valence-electron chi connectivity index (χ3n) is 3.14. The van der Waals surface area contributed by atoms with Gasteiger partial charge in [-0.15, -0.1) is 11.3 Å². The van der Waals surface area contributed by atoms with E-state index in [-0.39, 0.29) is 0 Å². The molecule has 0 aliphatic rings. The summed E-state index contributed by atoms with van der Waals surface area (Å²) in [6.07, 6.45) is 5.90. The lowest BCUT2D eigenvalue weighted by atomic mass is 10.3. The van der Waals surface area contributed by atoms with Crippen LogP contribution in [0.25, 0.3) is 0 Å². The van der Waals surface area contributed by atoms with Crippen LogP contribution in [0.2, 0.25) is 0 Å². The van der Waals surface area contributed by atoms with Gasteiger partial charge in [0.25, 0.3) is 0 Å². The average Bonchev–Trinajstić information content (AvgIpc) is 3.17. The van der Waals surface area contributed by atoms with Crippen molar-refractivity contribution >= 4 is 17.3 Å². The first-order chi connectivity index (χ1) is 10.3. The molecular weight excluding hydrogens is 282 g/mol. The maximum atomic E-state index is 4.24. The summed E-state index contributed by atoms with van der Waals surface area (Å²) in [4.78, 5) is 7.01. The van der Waals surface area contributed by atoms with E-state index < -0.39 is 0 Å². The first-order valence-corrected chi connectivity index (χ1v) is 8.13. The Bertz CT molecular complexity index is 544. The summed E-state index contributed by atoms with van der Waals surface area (Å²) in [5.41, 5.74) is 0. The molecule has 5 nitrogen and oxygen atoms in total. The Kier molecular flexibility index (Phi) is 6.27. The van der Waals surface area contributed by atoms with Crippen molar-refractivity contribution in [2.45, 2.75) is 32.9 Å². The minimum absolute atomic E-state index is 0.823. The second-order valence-electron chi connectivity index (χ2n) is 4.70. The second kappa shape index (κ2) is 8.46. The molecule has 0 spiro atoms. The minimum Gasteiger partial charge on any atom is -0.356 e. The topological polar surface area (TPSA) is 54.2 Å². The molecule has 2 rings (SSSR count). The standard InChI is InChI=1S/C15H23N5S/c1-3-13-6-7-14(21-13)12-18-15(16-2)17-8-4-10-20-11-5-9-19-20/h5-7,9,11H,3-4,8,10,12H2,1-2H3,(H2,16,17,18). The Labute approximate surface area is 130 Å². The highest BCUT2D eigenvalue weighted by molar-refractivity contribution is 7.11. The van der Waals surface area contributed by atoms with Gasteiger partial charge < -0.3 is 10.6 Å². The van der Waals surface area contributed by atoms with Crippen molar-refractivity contribution in [3.63, 3.8) is 0 Å². The highest BCUT2D eigenvalue weighted by Crippen LogP contribution is 2.16. The smallest absolute Gasteiger partial charge is 0.191 e. The lowest BCUT2D eigenvalue weighted by Crippen LogP contribution is -2.37. The van der Waals surface area contributed by atoms with E-state index in [0.717, 1.165) is 38.4 Å². The lowest BCUT2D eigenvalue weighted by molar-refractivity contribution is 0.570. The maximum absolute atomic E-state index is 4.24. The highest BCUT2D eigenvalue weighted by atomic mass is 32.1. The molecule has 6 heteroatoms. The first-order valence-electron chi connectivity index (χ1n) is 7.31. The van der Waals surface area contributed by atoms with E-state index in [1.165, 1.54) is 9.75 Å². The lowest BCUT2D eigenvalue weighted by Gasteiger charge is -2.11. The molecule has 114 valence electrons.